The lowest BCUT2D eigenvalue weighted by Gasteiger charge is -2.28. The summed E-state index contributed by atoms with van der Waals surface area (Å²) in [6.45, 7) is 3.67. The Labute approximate surface area is 127 Å². The zero-order valence-corrected chi connectivity index (χ0v) is 13.4. The number of nitrogens with one attached hydrogen (secondary N) is 1. The van der Waals surface area contributed by atoms with Crippen molar-refractivity contribution in [3.05, 3.63) is 29.3 Å². The van der Waals surface area contributed by atoms with Gasteiger partial charge in [-0.3, -0.25) is 0 Å². The van der Waals surface area contributed by atoms with Gasteiger partial charge in [0.25, 0.3) is 0 Å². The van der Waals surface area contributed by atoms with E-state index in [9.17, 15) is 8.42 Å². The Morgan fingerprint density at radius 3 is 2.52 bits per heavy atom. The molecule has 21 heavy (non-hydrogen) atoms. The quantitative estimate of drug-likeness (QED) is 0.929. The third-order valence-corrected chi connectivity index (χ3v) is 6.01. The van der Waals surface area contributed by atoms with Gasteiger partial charge in [0.05, 0.1) is 16.5 Å². The summed E-state index contributed by atoms with van der Waals surface area (Å²) in [5, 5.41) is 8.86. The molecule has 2 rings (SSSR count). The zero-order chi connectivity index (χ0) is 15.5. The van der Waals surface area contributed by atoms with Gasteiger partial charge in [-0.05, 0) is 56.4 Å². The molecule has 0 aromatic heterocycles. The van der Waals surface area contributed by atoms with Crippen molar-refractivity contribution in [1.29, 1.82) is 5.26 Å². The van der Waals surface area contributed by atoms with Gasteiger partial charge in [0.15, 0.2) is 0 Å². The van der Waals surface area contributed by atoms with E-state index in [1.807, 2.05) is 13.0 Å². The number of aryl methyl sites for hydroxylation is 1. The number of sulfonamides is 1. The topological polar surface area (TPSA) is 70.0 Å². The summed E-state index contributed by atoms with van der Waals surface area (Å²) < 4.78 is 27.8. The molecule has 1 aliphatic rings. The number of nitrogens with zero attached hydrogens (tertiary/aromatic N) is 1. The van der Waals surface area contributed by atoms with Crippen LogP contribution in [0.3, 0.4) is 0 Å². The Morgan fingerprint density at radius 1 is 1.29 bits per heavy atom. The van der Waals surface area contributed by atoms with Gasteiger partial charge in [-0.1, -0.05) is 19.3 Å². The molecule has 114 valence electrons. The van der Waals surface area contributed by atoms with Gasteiger partial charge in [-0.25, -0.2) is 13.1 Å². The molecular weight excluding hydrogens is 284 g/mol. The van der Waals surface area contributed by atoms with Crippen LogP contribution in [0.2, 0.25) is 0 Å². The average molecular weight is 306 g/mol. The van der Waals surface area contributed by atoms with Crippen LogP contribution in [0.1, 0.15) is 50.2 Å². The summed E-state index contributed by atoms with van der Waals surface area (Å²) in [6, 6.07) is 6.65. The molecule has 0 amide bonds. The first-order valence-electron chi connectivity index (χ1n) is 7.47. The highest BCUT2D eigenvalue weighted by molar-refractivity contribution is 7.89. The Balaban J connectivity index is 2.16. The molecule has 1 atom stereocenters. The molecule has 1 unspecified atom stereocenters. The molecule has 1 N–H and O–H groups in total. The monoisotopic (exact) mass is 306 g/mol. The molecule has 0 aliphatic heterocycles. The first-order valence-corrected chi connectivity index (χ1v) is 8.95. The summed E-state index contributed by atoms with van der Waals surface area (Å²) in [5.74, 6) is 0.423. The molecule has 5 heteroatoms. The standard InChI is InChI=1S/C16H22N2O2S/c1-12-10-14(11-17)8-9-16(12)21(19,20)18-13(2)15-6-4-3-5-7-15/h8-10,13,15,18H,3-7H2,1-2H3. The lowest BCUT2D eigenvalue weighted by atomic mass is 9.85. The van der Waals surface area contributed by atoms with E-state index in [1.165, 1.54) is 25.3 Å². The molecule has 0 radical (unpaired) electrons. The van der Waals surface area contributed by atoms with Crippen molar-refractivity contribution < 1.29 is 8.42 Å². The highest BCUT2D eigenvalue weighted by Crippen LogP contribution is 2.27. The Bertz CT molecular complexity index is 641. The Hall–Kier alpha value is -1.38. The summed E-state index contributed by atoms with van der Waals surface area (Å²) in [7, 11) is -3.52. The third-order valence-electron chi connectivity index (χ3n) is 4.29. The van der Waals surface area contributed by atoms with E-state index >= 15 is 0 Å². The van der Waals surface area contributed by atoms with Crippen LogP contribution in [0.15, 0.2) is 23.1 Å². The van der Waals surface area contributed by atoms with Crippen molar-refractivity contribution in [1.82, 2.24) is 4.72 Å². The van der Waals surface area contributed by atoms with Gasteiger partial charge >= 0.3 is 0 Å². The van der Waals surface area contributed by atoms with E-state index in [-0.39, 0.29) is 10.9 Å². The maximum Gasteiger partial charge on any atom is 0.241 e. The lowest BCUT2D eigenvalue weighted by Crippen LogP contribution is -2.39. The van der Waals surface area contributed by atoms with Gasteiger partial charge < -0.3 is 0 Å². The molecule has 1 aromatic rings. The van der Waals surface area contributed by atoms with Crippen molar-refractivity contribution in [2.24, 2.45) is 5.92 Å². The highest BCUT2D eigenvalue weighted by atomic mass is 32.2. The van der Waals surface area contributed by atoms with E-state index in [1.54, 1.807) is 19.1 Å². The molecule has 0 spiro atoms. The maximum atomic E-state index is 12.5. The van der Waals surface area contributed by atoms with Gasteiger partial charge in [-0.15, -0.1) is 0 Å². The summed E-state index contributed by atoms with van der Waals surface area (Å²) in [5.41, 5.74) is 1.09. The maximum absolute atomic E-state index is 12.5. The van der Waals surface area contributed by atoms with Crippen LogP contribution >= 0.6 is 0 Å². The van der Waals surface area contributed by atoms with Crippen molar-refractivity contribution in [2.45, 2.75) is 56.9 Å². The summed E-state index contributed by atoms with van der Waals surface area (Å²) >= 11 is 0. The molecule has 1 aliphatic carbocycles. The first kappa shape index (κ1) is 16.0. The predicted molar refractivity (Wildman–Crippen MR) is 82.3 cm³/mol. The lowest BCUT2D eigenvalue weighted by molar-refractivity contribution is 0.303. The molecule has 4 nitrogen and oxygen atoms in total. The van der Waals surface area contributed by atoms with Crippen LogP contribution in [0.5, 0.6) is 0 Å². The van der Waals surface area contributed by atoms with Crippen LogP contribution < -0.4 is 4.72 Å². The Morgan fingerprint density at radius 2 is 1.95 bits per heavy atom. The second-order valence-electron chi connectivity index (χ2n) is 5.90. The third kappa shape index (κ3) is 3.84. The molecule has 1 saturated carbocycles. The largest absolute Gasteiger partial charge is 0.241 e. The number of benzene rings is 1. The molecule has 1 fully saturated rings. The average Bonchev–Trinajstić information content (AvgIpc) is 2.47. The molecule has 0 bridgehead atoms. The zero-order valence-electron chi connectivity index (χ0n) is 12.6. The SMILES string of the molecule is Cc1cc(C#N)ccc1S(=O)(=O)NC(C)C1CCCCC1. The fraction of sp³-hybridized carbons (Fsp3) is 0.562. The van der Waals surface area contributed by atoms with Crippen molar-refractivity contribution in [3.63, 3.8) is 0 Å². The van der Waals surface area contributed by atoms with Crippen LogP contribution in [0, 0.1) is 24.2 Å². The minimum Gasteiger partial charge on any atom is -0.208 e. The molecule has 0 saturated heterocycles. The van der Waals surface area contributed by atoms with E-state index in [4.69, 9.17) is 5.26 Å². The highest BCUT2D eigenvalue weighted by Gasteiger charge is 2.26. The van der Waals surface area contributed by atoms with E-state index in [2.05, 4.69) is 4.72 Å². The van der Waals surface area contributed by atoms with Gasteiger partial charge in [-0.2, -0.15) is 5.26 Å². The normalized spacial score (nSPS) is 18.1. The second kappa shape index (κ2) is 6.59. The first-order chi connectivity index (χ1) is 9.94. The van der Waals surface area contributed by atoms with E-state index < -0.39 is 10.0 Å². The number of hydrogen-bond acceptors (Lipinski definition) is 3. The Kier molecular flexibility index (Phi) is 5.02. The fourth-order valence-electron chi connectivity index (χ4n) is 3.06. The number of nitriles is 1. The molecule has 1 aromatic carbocycles. The van der Waals surface area contributed by atoms with Crippen molar-refractivity contribution >= 4 is 10.0 Å². The van der Waals surface area contributed by atoms with Crippen LogP contribution in [0.4, 0.5) is 0 Å². The number of rotatable bonds is 4. The fourth-order valence-corrected chi connectivity index (χ4v) is 4.60. The van der Waals surface area contributed by atoms with E-state index in [0.717, 1.165) is 12.8 Å². The van der Waals surface area contributed by atoms with Gasteiger partial charge in [0.1, 0.15) is 0 Å². The van der Waals surface area contributed by atoms with Crippen LogP contribution in [-0.2, 0) is 10.0 Å². The van der Waals surface area contributed by atoms with Crippen molar-refractivity contribution in [2.75, 3.05) is 0 Å². The number of hydrogen-bond donors (Lipinski definition) is 1. The minimum atomic E-state index is -3.52. The summed E-state index contributed by atoms with van der Waals surface area (Å²) in [6.07, 6.45) is 5.82. The van der Waals surface area contributed by atoms with Crippen LogP contribution in [-0.4, -0.2) is 14.5 Å². The molecule has 0 heterocycles. The predicted octanol–water partition coefficient (Wildman–Crippen LogP) is 3.11. The smallest absolute Gasteiger partial charge is 0.208 e. The minimum absolute atomic E-state index is 0.0506. The second-order valence-corrected chi connectivity index (χ2v) is 7.58. The van der Waals surface area contributed by atoms with Crippen LogP contribution in [0.25, 0.3) is 0 Å². The van der Waals surface area contributed by atoms with Gasteiger partial charge in [0.2, 0.25) is 10.0 Å². The van der Waals surface area contributed by atoms with Crippen molar-refractivity contribution in [3.8, 4) is 6.07 Å². The van der Waals surface area contributed by atoms with Gasteiger partial charge in [0, 0.05) is 6.04 Å². The summed E-state index contributed by atoms with van der Waals surface area (Å²) in [4.78, 5) is 0.268. The molecular formula is C16H22N2O2S. The van der Waals surface area contributed by atoms with E-state index in [0.29, 0.717) is 17.0 Å².